The van der Waals surface area contributed by atoms with Gasteiger partial charge in [-0.1, -0.05) is 84.6 Å². The lowest BCUT2D eigenvalue weighted by molar-refractivity contribution is 0.104. The SMILES string of the molecule is COc1ccc(/C(=C2/Sc3ccccc3C2=O)C2(c3ccccc3C)c3ccccc3Cc3cc(OC)c(OC)cc32)cc1. The standard InChI is InChI=1S/C39H32O4S/c1-24-11-5-8-14-30(24)39(31-15-9-6-12-26(31)21-27-22-33(42-3)34(43-4)23-32(27)39)36(25-17-19-28(41-2)20-18-25)38-37(40)29-13-7-10-16-35(29)44-38/h5-20,22-23H,21H2,1-4H3/b38-36-. The largest absolute Gasteiger partial charge is 0.497 e. The van der Waals surface area contributed by atoms with E-state index in [1.807, 2.05) is 36.4 Å². The van der Waals surface area contributed by atoms with Crippen LogP contribution < -0.4 is 14.2 Å². The number of ketones is 1. The number of carbonyl (C=O) groups is 1. The van der Waals surface area contributed by atoms with Gasteiger partial charge in [-0.15, -0.1) is 0 Å². The van der Waals surface area contributed by atoms with E-state index in [-0.39, 0.29) is 5.78 Å². The second kappa shape index (κ2) is 11.1. The minimum Gasteiger partial charge on any atom is -0.497 e. The summed E-state index contributed by atoms with van der Waals surface area (Å²) >= 11 is 1.56. The number of carbonyl (C=O) groups excluding carboxylic acids is 1. The molecule has 1 heterocycles. The van der Waals surface area contributed by atoms with E-state index in [4.69, 9.17) is 14.2 Å². The van der Waals surface area contributed by atoms with E-state index in [0.717, 1.165) is 66.5 Å². The minimum atomic E-state index is -0.857. The number of Topliss-reactive ketones (excluding diaryl/α,β-unsaturated/α-hetero) is 1. The monoisotopic (exact) mass is 596 g/mol. The summed E-state index contributed by atoms with van der Waals surface area (Å²) in [5.74, 6) is 2.13. The number of hydrogen-bond acceptors (Lipinski definition) is 5. The van der Waals surface area contributed by atoms with Gasteiger partial charge < -0.3 is 14.2 Å². The van der Waals surface area contributed by atoms with Crippen LogP contribution in [0, 0.1) is 6.92 Å². The summed E-state index contributed by atoms with van der Waals surface area (Å²) in [5, 5.41) is 0. The molecule has 0 bridgehead atoms. The highest BCUT2D eigenvalue weighted by molar-refractivity contribution is 8.05. The van der Waals surface area contributed by atoms with Crippen LogP contribution in [0.2, 0.25) is 0 Å². The van der Waals surface area contributed by atoms with Gasteiger partial charge in [0.2, 0.25) is 5.78 Å². The van der Waals surface area contributed by atoms with Crippen LogP contribution in [0.15, 0.2) is 119 Å². The van der Waals surface area contributed by atoms with Crippen molar-refractivity contribution in [1.82, 2.24) is 0 Å². The molecule has 0 fully saturated rings. The summed E-state index contributed by atoms with van der Waals surface area (Å²) in [4.78, 5) is 16.2. The van der Waals surface area contributed by atoms with Crippen LogP contribution in [-0.2, 0) is 11.8 Å². The molecule has 0 N–H and O–H groups in total. The van der Waals surface area contributed by atoms with E-state index in [0.29, 0.717) is 11.5 Å². The van der Waals surface area contributed by atoms with Gasteiger partial charge in [-0.2, -0.15) is 0 Å². The zero-order valence-corrected chi connectivity index (χ0v) is 26.0. The number of benzene rings is 5. The second-order valence-corrected chi connectivity index (χ2v) is 12.2. The van der Waals surface area contributed by atoms with Crippen molar-refractivity contribution in [3.8, 4) is 17.2 Å². The van der Waals surface area contributed by atoms with E-state index >= 15 is 0 Å². The Hall–Kier alpha value is -4.74. The zero-order valence-electron chi connectivity index (χ0n) is 25.1. The Balaban J connectivity index is 1.71. The first kappa shape index (κ1) is 28.1. The zero-order chi connectivity index (χ0) is 30.4. The van der Waals surface area contributed by atoms with Crippen LogP contribution in [-0.4, -0.2) is 27.1 Å². The van der Waals surface area contributed by atoms with E-state index in [2.05, 4.69) is 79.7 Å². The average molecular weight is 597 g/mol. The van der Waals surface area contributed by atoms with Crippen LogP contribution in [0.4, 0.5) is 0 Å². The first-order chi connectivity index (χ1) is 21.5. The number of allylic oxidation sites excluding steroid dienone is 2. The van der Waals surface area contributed by atoms with Gasteiger partial charge >= 0.3 is 0 Å². The predicted molar refractivity (Wildman–Crippen MR) is 176 cm³/mol. The topological polar surface area (TPSA) is 44.8 Å². The molecule has 0 amide bonds. The molecule has 218 valence electrons. The summed E-state index contributed by atoms with van der Waals surface area (Å²) in [6, 6.07) is 37.4. The van der Waals surface area contributed by atoms with Crippen molar-refractivity contribution in [3.63, 3.8) is 0 Å². The third-order valence-electron chi connectivity index (χ3n) is 8.90. The second-order valence-electron chi connectivity index (χ2n) is 11.1. The lowest BCUT2D eigenvalue weighted by Gasteiger charge is -2.45. The number of ether oxygens (including phenoxy) is 3. The maximum absolute atomic E-state index is 14.5. The molecule has 44 heavy (non-hydrogen) atoms. The molecular weight excluding hydrogens is 564 g/mol. The summed E-state index contributed by atoms with van der Waals surface area (Å²) in [6.07, 6.45) is 0.728. The van der Waals surface area contributed by atoms with E-state index in [9.17, 15) is 4.79 Å². The molecule has 4 nitrogen and oxygen atoms in total. The molecule has 5 aromatic carbocycles. The average Bonchev–Trinajstić information content (AvgIpc) is 3.39. The minimum absolute atomic E-state index is 0.0365. The molecule has 5 aromatic rings. The van der Waals surface area contributed by atoms with Gasteiger partial charge in [-0.05, 0) is 94.3 Å². The van der Waals surface area contributed by atoms with Crippen molar-refractivity contribution in [2.24, 2.45) is 0 Å². The van der Waals surface area contributed by atoms with Crippen LogP contribution in [0.25, 0.3) is 5.57 Å². The van der Waals surface area contributed by atoms with E-state index in [1.54, 1.807) is 33.1 Å². The Morgan fingerprint density at radius 1 is 0.682 bits per heavy atom. The number of aryl methyl sites for hydroxylation is 1. The molecule has 0 spiro atoms. The Kier molecular flexibility index (Phi) is 7.06. The number of methoxy groups -OCH3 is 3. The molecule has 1 aliphatic carbocycles. The molecule has 7 rings (SSSR count). The molecule has 2 aliphatic rings. The Labute approximate surface area is 262 Å². The van der Waals surface area contributed by atoms with Crippen molar-refractivity contribution in [2.45, 2.75) is 23.7 Å². The van der Waals surface area contributed by atoms with Crippen molar-refractivity contribution in [2.75, 3.05) is 21.3 Å². The van der Waals surface area contributed by atoms with Gasteiger partial charge in [0.1, 0.15) is 5.75 Å². The number of rotatable bonds is 6. The molecule has 1 atom stereocenters. The van der Waals surface area contributed by atoms with Gasteiger partial charge in [0.05, 0.1) is 31.6 Å². The van der Waals surface area contributed by atoms with Gasteiger partial charge in [-0.3, -0.25) is 4.79 Å². The summed E-state index contributed by atoms with van der Waals surface area (Å²) in [6.45, 7) is 2.16. The van der Waals surface area contributed by atoms with Crippen LogP contribution in [0.5, 0.6) is 17.2 Å². The number of hydrogen-bond donors (Lipinski definition) is 0. The molecule has 0 radical (unpaired) electrons. The Morgan fingerprint density at radius 3 is 2.05 bits per heavy atom. The number of fused-ring (bicyclic) bond motifs is 3. The lowest BCUT2D eigenvalue weighted by atomic mass is 9.57. The molecule has 1 aliphatic heterocycles. The van der Waals surface area contributed by atoms with E-state index in [1.165, 1.54) is 5.56 Å². The fourth-order valence-corrected chi connectivity index (χ4v) is 8.17. The lowest BCUT2D eigenvalue weighted by Crippen LogP contribution is -2.38. The molecule has 0 saturated carbocycles. The molecule has 5 heteroatoms. The first-order valence-electron chi connectivity index (χ1n) is 14.6. The molecule has 0 aromatic heterocycles. The normalized spacial score (nSPS) is 17.8. The van der Waals surface area contributed by atoms with Crippen molar-refractivity contribution < 1.29 is 19.0 Å². The van der Waals surface area contributed by atoms with Crippen molar-refractivity contribution in [1.29, 1.82) is 0 Å². The van der Waals surface area contributed by atoms with Crippen LogP contribution >= 0.6 is 11.8 Å². The fraction of sp³-hybridized carbons (Fsp3) is 0.154. The van der Waals surface area contributed by atoms with Crippen LogP contribution in [0.1, 0.15) is 49.3 Å². The Morgan fingerprint density at radius 2 is 1.34 bits per heavy atom. The van der Waals surface area contributed by atoms with Gasteiger partial charge in [0.25, 0.3) is 0 Å². The third kappa shape index (κ3) is 4.18. The highest BCUT2D eigenvalue weighted by Crippen LogP contribution is 2.60. The quantitative estimate of drug-likeness (QED) is 0.184. The van der Waals surface area contributed by atoms with E-state index < -0.39 is 5.41 Å². The fourth-order valence-electron chi connectivity index (χ4n) is 6.96. The highest BCUT2D eigenvalue weighted by Gasteiger charge is 2.50. The van der Waals surface area contributed by atoms with Crippen LogP contribution in [0.3, 0.4) is 0 Å². The first-order valence-corrected chi connectivity index (χ1v) is 15.4. The van der Waals surface area contributed by atoms with Gasteiger partial charge in [-0.25, -0.2) is 0 Å². The molecule has 0 saturated heterocycles. The number of thioether (sulfide) groups is 1. The summed E-state index contributed by atoms with van der Waals surface area (Å²) < 4.78 is 17.3. The smallest absolute Gasteiger partial charge is 0.201 e. The Bertz CT molecular complexity index is 1940. The summed E-state index contributed by atoms with van der Waals surface area (Å²) in [5.41, 5.74) is 8.57. The third-order valence-corrected chi connectivity index (χ3v) is 10.1. The maximum Gasteiger partial charge on any atom is 0.201 e. The molecular formula is C39H32O4S. The maximum atomic E-state index is 14.5. The summed E-state index contributed by atoms with van der Waals surface area (Å²) in [7, 11) is 5.02. The predicted octanol–water partition coefficient (Wildman–Crippen LogP) is 8.66. The van der Waals surface area contributed by atoms with Crippen molar-refractivity contribution >= 4 is 23.1 Å². The molecule has 1 unspecified atom stereocenters. The van der Waals surface area contributed by atoms with Gasteiger partial charge in [0, 0.05) is 10.5 Å². The van der Waals surface area contributed by atoms with Gasteiger partial charge in [0.15, 0.2) is 11.5 Å². The van der Waals surface area contributed by atoms with Crippen molar-refractivity contribution in [3.05, 3.63) is 159 Å². The highest BCUT2D eigenvalue weighted by atomic mass is 32.2.